The Morgan fingerprint density at radius 3 is 3.08 bits per heavy atom. The first-order valence-corrected chi connectivity index (χ1v) is 3.72. The molecule has 0 radical (unpaired) electrons. The van der Waals surface area contributed by atoms with Gasteiger partial charge in [-0.2, -0.15) is 0 Å². The third-order valence-corrected chi connectivity index (χ3v) is 1.42. The number of nitrogens with one attached hydrogen (secondary N) is 2. The van der Waals surface area contributed by atoms with Crippen molar-refractivity contribution in [3.63, 3.8) is 0 Å². The van der Waals surface area contributed by atoms with Crippen LogP contribution in [0.3, 0.4) is 0 Å². The van der Waals surface area contributed by atoms with Gasteiger partial charge in [0.15, 0.2) is 0 Å². The monoisotopic (exact) mass is 168 g/mol. The molecule has 2 amide bonds. The fourth-order valence-electron chi connectivity index (χ4n) is 0.898. The number of amides is 2. The van der Waals surface area contributed by atoms with Crippen LogP contribution in [0.2, 0.25) is 0 Å². The molecule has 5 heteroatoms. The van der Waals surface area contributed by atoms with Crippen molar-refractivity contribution in [2.75, 3.05) is 6.54 Å². The van der Waals surface area contributed by atoms with Crippen molar-refractivity contribution in [1.29, 1.82) is 0 Å². The number of nitrogens with two attached hydrogens (primary N) is 1. The molecule has 0 fully saturated rings. The lowest BCUT2D eigenvalue weighted by molar-refractivity contribution is 0.249. The van der Waals surface area contributed by atoms with E-state index in [2.05, 4.69) is 15.3 Å². The molecule has 66 valence electrons. The minimum absolute atomic E-state index is 0.502. The number of aryl methyl sites for hydroxylation is 1. The molecule has 1 aromatic heterocycles. The molecule has 0 saturated carbocycles. The highest BCUT2D eigenvalue weighted by Crippen LogP contribution is 1.94. The lowest BCUT2D eigenvalue weighted by Gasteiger charge is -1.97. The number of rotatable bonds is 3. The van der Waals surface area contributed by atoms with Crippen LogP contribution in [-0.4, -0.2) is 22.5 Å². The molecular formula is C7H12N4O. The Labute approximate surface area is 70.4 Å². The van der Waals surface area contributed by atoms with Gasteiger partial charge in [-0.15, -0.1) is 0 Å². The summed E-state index contributed by atoms with van der Waals surface area (Å²) < 4.78 is 0. The van der Waals surface area contributed by atoms with Crippen molar-refractivity contribution >= 4 is 6.03 Å². The van der Waals surface area contributed by atoms with Gasteiger partial charge in [-0.1, -0.05) is 0 Å². The van der Waals surface area contributed by atoms with Crippen LogP contribution in [0, 0.1) is 6.92 Å². The Morgan fingerprint density at radius 1 is 1.83 bits per heavy atom. The number of aromatic amines is 1. The summed E-state index contributed by atoms with van der Waals surface area (Å²) in [5.74, 6) is 0.862. The second-order valence-electron chi connectivity index (χ2n) is 2.55. The van der Waals surface area contributed by atoms with Gasteiger partial charge in [0.25, 0.3) is 0 Å². The zero-order chi connectivity index (χ0) is 8.97. The smallest absolute Gasteiger partial charge is 0.312 e. The van der Waals surface area contributed by atoms with Crippen molar-refractivity contribution in [3.05, 3.63) is 17.7 Å². The van der Waals surface area contributed by atoms with Gasteiger partial charge in [-0.25, -0.2) is 9.78 Å². The average Bonchev–Trinajstić information content (AvgIpc) is 2.35. The fraction of sp³-hybridized carbons (Fsp3) is 0.429. The maximum absolute atomic E-state index is 10.3. The SMILES string of the molecule is Cc1cnc(CCNC(N)=O)[nH]1. The Hall–Kier alpha value is -1.52. The lowest BCUT2D eigenvalue weighted by atomic mass is 10.4. The molecule has 0 saturated heterocycles. The zero-order valence-corrected chi connectivity index (χ0v) is 6.92. The summed E-state index contributed by atoms with van der Waals surface area (Å²) in [6.07, 6.45) is 2.43. The third kappa shape index (κ3) is 2.61. The number of hydrogen-bond donors (Lipinski definition) is 3. The quantitative estimate of drug-likeness (QED) is 0.590. The van der Waals surface area contributed by atoms with Crippen LogP contribution in [0.25, 0.3) is 0 Å². The highest BCUT2D eigenvalue weighted by Gasteiger charge is 1.97. The predicted molar refractivity (Wildman–Crippen MR) is 44.6 cm³/mol. The largest absolute Gasteiger partial charge is 0.352 e. The molecule has 0 aliphatic carbocycles. The molecule has 12 heavy (non-hydrogen) atoms. The molecule has 0 aromatic carbocycles. The van der Waals surface area contributed by atoms with Crippen LogP contribution in [-0.2, 0) is 6.42 Å². The van der Waals surface area contributed by atoms with Crippen LogP contribution in [0.5, 0.6) is 0 Å². The van der Waals surface area contributed by atoms with Gasteiger partial charge in [0.05, 0.1) is 0 Å². The molecule has 4 N–H and O–H groups in total. The fourth-order valence-corrected chi connectivity index (χ4v) is 0.898. The summed E-state index contributed by atoms with van der Waals surface area (Å²) in [7, 11) is 0. The first-order chi connectivity index (χ1) is 5.68. The van der Waals surface area contributed by atoms with E-state index in [0.29, 0.717) is 13.0 Å². The molecule has 0 aliphatic heterocycles. The molecule has 0 aliphatic rings. The van der Waals surface area contributed by atoms with Gasteiger partial charge < -0.3 is 16.0 Å². The van der Waals surface area contributed by atoms with Crippen LogP contribution >= 0.6 is 0 Å². The van der Waals surface area contributed by atoms with Gasteiger partial charge in [0.1, 0.15) is 5.82 Å². The van der Waals surface area contributed by atoms with E-state index in [4.69, 9.17) is 5.73 Å². The van der Waals surface area contributed by atoms with E-state index in [1.807, 2.05) is 6.92 Å². The predicted octanol–water partition coefficient (Wildman–Crippen LogP) is -0.0711. The number of carbonyl (C=O) groups excluding carboxylic acids is 1. The minimum Gasteiger partial charge on any atom is -0.352 e. The van der Waals surface area contributed by atoms with Crippen LogP contribution in [0.15, 0.2) is 6.20 Å². The van der Waals surface area contributed by atoms with E-state index in [9.17, 15) is 4.79 Å². The molecule has 1 rings (SSSR count). The highest BCUT2D eigenvalue weighted by molar-refractivity contribution is 5.71. The Balaban J connectivity index is 2.29. The van der Waals surface area contributed by atoms with Crippen molar-refractivity contribution in [2.24, 2.45) is 5.73 Å². The Morgan fingerprint density at radius 2 is 2.58 bits per heavy atom. The van der Waals surface area contributed by atoms with E-state index < -0.39 is 6.03 Å². The van der Waals surface area contributed by atoms with Gasteiger partial charge in [0, 0.05) is 24.9 Å². The van der Waals surface area contributed by atoms with E-state index >= 15 is 0 Å². The first kappa shape index (κ1) is 8.58. The Kier molecular flexibility index (Phi) is 2.68. The van der Waals surface area contributed by atoms with Gasteiger partial charge in [0.2, 0.25) is 0 Å². The van der Waals surface area contributed by atoms with Gasteiger partial charge in [-0.05, 0) is 6.92 Å². The molecule has 1 aromatic rings. The number of H-pyrrole nitrogens is 1. The highest BCUT2D eigenvalue weighted by atomic mass is 16.2. The van der Waals surface area contributed by atoms with Crippen molar-refractivity contribution in [3.8, 4) is 0 Å². The lowest BCUT2D eigenvalue weighted by Crippen LogP contribution is -2.31. The minimum atomic E-state index is -0.502. The number of nitrogens with zero attached hydrogens (tertiary/aromatic N) is 1. The van der Waals surface area contributed by atoms with Crippen LogP contribution in [0.1, 0.15) is 11.5 Å². The van der Waals surface area contributed by atoms with Crippen LogP contribution in [0.4, 0.5) is 4.79 Å². The Bertz CT molecular complexity index is 268. The molecule has 0 atom stereocenters. The van der Waals surface area contributed by atoms with E-state index in [-0.39, 0.29) is 0 Å². The van der Waals surface area contributed by atoms with Crippen molar-refractivity contribution in [1.82, 2.24) is 15.3 Å². The molecule has 5 nitrogen and oxygen atoms in total. The number of imidazole rings is 1. The van der Waals surface area contributed by atoms with Gasteiger partial charge in [-0.3, -0.25) is 0 Å². The standard InChI is InChI=1S/C7H12N4O/c1-5-4-10-6(11-5)2-3-9-7(8)12/h4H,2-3H2,1H3,(H,10,11)(H3,8,9,12). The summed E-state index contributed by atoms with van der Waals surface area (Å²) >= 11 is 0. The van der Waals surface area contributed by atoms with Gasteiger partial charge >= 0.3 is 6.03 Å². The maximum atomic E-state index is 10.3. The normalized spacial score (nSPS) is 9.75. The number of urea groups is 1. The van der Waals surface area contributed by atoms with E-state index in [1.165, 1.54) is 0 Å². The summed E-state index contributed by atoms with van der Waals surface area (Å²) in [6.45, 7) is 2.44. The second-order valence-corrected chi connectivity index (χ2v) is 2.55. The molecule has 0 unspecified atom stereocenters. The third-order valence-electron chi connectivity index (χ3n) is 1.42. The van der Waals surface area contributed by atoms with E-state index in [1.54, 1.807) is 6.20 Å². The number of primary amides is 1. The molecular weight excluding hydrogens is 156 g/mol. The topological polar surface area (TPSA) is 83.8 Å². The summed E-state index contributed by atoms with van der Waals surface area (Å²) in [5.41, 5.74) is 5.90. The summed E-state index contributed by atoms with van der Waals surface area (Å²) in [4.78, 5) is 17.4. The second kappa shape index (κ2) is 3.75. The number of carbonyl (C=O) groups is 1. The zero-order valence-electron chi connectivity index (χ0n) is 6.92. The van der Waals surface area contributed by atoms with Crippen LogP contribution < -0.4 is 11.1 Å². The van der Waals surface area contributed by atoms with E-state index in [0.717, 1.165) is 11.5 Å². The maximum Gasteiger partial charge on any atom is 0.312 e. The summed E-state index contributed by atoms with van der Waals surface area (Å²) in [6, 6.07) is -0.502. The summed E-state index contributed by atoms with van der Waals surface area (Å²) in [5, 5.41) is 2.48. The molecule has 1 heterocycles. The number of hydrogen-bond acceptors (Lipinski definition) is 2. The average molecular weight is 168 g/mol. The molecule has 0 spiro atoms. The first-order valence-electron chi connectivity index (χ1n) is 3.72. The molecule has 0 bridgehead atoms. The number of aromatic nitrogens is 2. The van der Waals surface area contributed by atoms with Crippen molar-refractivity contribution in [2.45, 2.75) is 13.3 Å². The van der Waals surface area contributed by atoms with Crippen molar-refractivity contribution < 1.29 is 4.79 Å².